The Morgan fingerprint density at radius 2 is 1.88 bits per heavy atom. The van der Waals surface area contributed by atoms with Crippen molar-refractivity contribution in [2.75, 3.05) is 20.3 Å². The van der Waals surface area contributed by atoms with Crippen LogP contribution in [0.2, 0.25) is 0 Å². The Morgan fingerprint density at radius 3 is 2.29 bits per heavy atom. The minimum Gasteiger partial charge on any atom is -0.381 e. The molecule has 1 aliphatic heterocycles. The van der Waals surface area contributed by atoms with Gasteiger partial charge in [0.1, 0.15) is 0 Å². The van der Waals surface area contributed by atoms with Gasteiger partial charge in [0, 0.05) is 25.5 Å². The number of pyridine rings is 1. The maximum absolute atomic E-state index is 4.94. The summed E-state index contributed by atoms with van der Waals surface area (Å²) in [6.07, 6.45) is 2.56. The van der Waals surface area contributed by atoms with E-state index in [0.717, 1.165) is 31.1 Å². The average Bonchev–Trinajstić information content (AvgIpc) is 2.91. The average molecular weight is 238 g/mol. The van der Waals surface area contributed by atoms with Crippen molar-refractivity contribution in [3.05, 3.63) is 29.6 Å². The SMILES string of the molecule is C1CCOC1.CC.CNCc1cccc(C)n1. The van der Waals surface area contributed by atoms with E-state index in [1.165, 1.54) is 12.8 Å². The first-order chi connectivity index (χ1) is 8.33. The summed E-state index contributed by atoms with van der Waals surface area (Å²) in [7, 11) is 1.92. The smallest absolute Gasteiger partial charge is 0.0544 e. The van der Waals surface area contributed by atoms with E-state index >= 15 is 0 Å². The van der Waals surface area contributed by atoms with Crippen molar-refractivity contribution >= 4 is 0 Å². The van der Waals surface area contributed by atoms with Crippen molar-refractivity contribution in [2.24, 2.45) is 0 Å². The van der Waals surface area contributed by atoms with Crippen LogP contribution in [0, 0.1) is 6.92 Å². The number of nitrogens with one attached hydrogen (secondary N) is 1. The molecule has 98 valence electrons. The number of ether oxygens (including phenoxy) is 1. The fraction of sp³-hybridized carbons (Fsp3) is 0.643. The largest absolute Gasteiger partial charge is 0.381 e. The van der Waals surface area contributed by atoms with Gasteiger partial charge in [-0.3, -0.25) is 4.98 Å². The number of rotatable bonds is 2. The van der Waals surface area contributed by atoms with Gasteiger partial charge in [-0.25, -0.2) is 0 Å². The molecule has 0 aromatic carbocycles. The second kappa shape index (κ2) is 11.6. The zero-order valence-corrected chi connectivity index (χ0v) is 11.6. The Bertz CT molecular complexity index is 265. The third kappa shape index (κ3) is 8.83. The molecule has 0 aliphatic carbocycles. The Hall–Kier alpha value is -0.930. The lowest BCUT2D eigenvalue weighted by molar-refractivity contribution is 0.198. The minimum absolute atomic E-state index is 0.849. The quantitative estimate of drug-likeness (QED) is 0.860. The first-order valence-corrected chi connectivity index (χ1v) is 6.48. The van der Waals surface area contributed by atoms with Gasteiger partial charge in [0.05, 0.1) is 5.69 Å². The van der Waals surface area contributed by atoms with Crippen LogP contribution < -0.4 is 5.32 Å². The monoisotopic (exact) mass is 238 g/mol. The van der Waals surface area contributed by atoms with Gasteiger partial charge in [-0.05, 0) is 38.9 Å². The molecule has 3 nitrogen and oxygen atoms in total. The zero-order valence-electron chi connectivity index (χ0n) is 11.6. The molecule has 0 saturated carbocycles. The molecule has 0 unspecified atom stereocenters. The van der Waals surface area contributed by atoms with E-state index < -0.39 is 0 Å². The molecule has 1 saturated heterocycles. The first-order valence-electron chi connectivity index (χ1n) is 6.48. The summed E-state index contributed by atoms with van der Waals surface area (Å²) >= 11 is 0. The van der Waals surface area contributed by atoms with Crippen LogP contribution in [-0.2, 0) is 11.3 Å². The molecule has 1 aliphatic rings. The van der Waals surface area contributed by atoms with Gasteiger partial charge in [0.2, 0.25) is 0 Å². The molecular formula is C14H26N2O. The number of nitrogens with zero attached hydrogens (tertiary/aromatic N) is 1. The van der Waals surface area contributed by atoms with Crippen LogP contribution in [0.25, 0.3) is 0 Å². The second-order valence-electron chi connectivity index (χ2n) is 3.62. The number of aryl methyl sites for hydroxylation is 1. The third-order valence-corrected chi connectivity index (χ3v) is 2.13. The van der Waals surface area contributed by atoms with Gasteiger partial charge < -0.3 is 10.1 Å². The summed E-state index contributed by atoms with van der Waals surface area (Å²) in [6.45, 7) is 8.85. The van der Waals surface area contributed by atoms with Gasteiger partial charge >= 0.3 is 0 Å². The lowest BCUT2D eigenvalue weighted by Gasteiger charge is -1.98. The molecule has 0 bridgehead atoms. The second-order valence-corrected chi connectivity index (χ2v) is 3.62. The van der Waals surface area contributed by atoms with Gasteiger partial charge in [0.25, 0.3) is 0 Å². The summed E-state index contributed by atoms with van der Waals surface area (Å²) < 4.78 is 4.94. The molecule has 0 radical (unpaired) electrons. The Labute approximate surface area is 106 Å². The number of hydrogen-bond donors (Lipinski definition) is 1. The molecule has 0 spiro atoms. The van der Waals surface area contributed by atoms with E-state index in [2.05, 4.69) is 10.3 Å². The number of aromatic nitrogens is 1. The first kappa shape index (κ1) is 16.1. The van der Waals surface area contributed by atoms with Crippen LogP contribution in [0.15, 0.2) is 18.2 Å². The van der Waals surface area contributed by atoms with E-state index in [0.29, 0.717) is 0 Å². The lowest BCUT2D eigenvalue weighted by atomic mass is 10.3. The predicted octanol–water partition coefficient (Wildman–Crippen LogP) is 2.93. The zero-order chi connectivity index (χ0) is 12.9. The fourth-order valence-electron chi connectivity index (χ4n) is 1.39. The molecule has 1 fully saturated rings. The van der Waals surface area contributed by atoms with Crippen molar-refractivity contribution in [2.45, 2.75) is 40.2 Å². The van der Waals surface area contributed by atoms with Crippen LogP contribution in [0.5, 0.6) is 0 Å². The van der Waals surface area contributed by atoms with Crippen LogP contribution >= 0.6 is 0 Å². The highest BCUT2D eigenvalue weighted by atomic mass is 16.5. The topological polar surface area (TPSA) is 34.1 Å². The minimum atomic E-state index is 0.849. The molecule has 3 heteroatoms. The molecule has 0 amide bonds. The Balaban J connectivity index is 0.000000306. The van der Waals surface area contributed by atoms with E-state index in [9.17, 15) is 0 Å². The van der Waals surface area contributed by atoms with Gasteiger partial charge in [-0.2, -0.15) is 0 Å². The molecule has 0 atom stereocenters. The van der Waals surface area contributed by atoms with Crippen LogP contribution in [0.3, 0.4) is 0 Å². The highest BCUT2D eigenvalue weighted by Gasteiger charge is 1.94. The summed E-state index contributed by atoms with van der Waals surface area (Å²) in [4.78, 5) is 4.30. The van der Waals surface area contributed by atoms with Crippen molar-refractivity contribution in [3.63, 3.8) is 0 Å². The Morgan fingerprint density at radius 1 is 1.24 bits per heavy atom. The molecule has 1 N–H and O–H groups in total. The standard InChI is InChI=1S/C8H12N2.C4H8O.C2H6/c1-7-4-3-5-8(10-7)6-9-2;1-2-4-5-3-1;1-2/h3-5,9H,6H2,1-2H3;1-4H2;1-2H3. The van der Waals surface area contributed by atoms with Crippen molar-refractivity contribution in [1.29, 1.82) is 0 Å². The van der Waals surface area contributed by atoms with E-state index in [1.807, 2.05) is 46.0 Å². The summed E-state index contributed by atoms with van der Waals surface area (Å²) in [5.41, 5.74) is 2.18. The van der Waals surface area contributed by atoms with E-state index in [4.69, 9.17) is 4.74 Å². The molecule has 2 rings (SSSR count). The normalized spacial score (nSPS) is 13.2. The summed E-state index contributed by atoms with van der Waals surface area (Å²) in [5, 5.41) is 3.05. The van der Waals surface area contributed by atoms with Crippen LogP contribution in [0.1, 0.15) is 38.1 Å². The summed E-state index contributed by atoms with van der Waals surface area (Å²) in [5.74, 6) is 0. The molecule has 1 aromatic rings. The summed E-state index contributed by atoms with van der Waals surface area (Å²) in [6, 6.07) is 6.04. The van der Waals surface area contributed by atoms with Crippen LogP contribution in [-0.4, -0.2) is 25.2 Å². The maximum Gasteiger partial charge on any atom is 0.0544 e. The van der Waals surface area contributed by atoms with Crippen LogP contribution in [0.4, 0.5) is 0 Å². The highest BCUT2D eigenvalue weighted by molar-refractivity contribution is 5.09. The lowest BCUT2D eigenvalue weighted by Crippen LogP contribution is -2.06. The highest BCUT2D eigenvalue weighted by Crippen LogP contribution is 1.98. The molecule has 1 aromatic heterocycles. The fourth-order valence-corrected chi connectivity index (χ4v) is 1.39. The van der Waals surface area contributed by atoms with Gasteiger partial charge in [0.15, 0.2) is 0 Å². The third-order valence-electron chi connectivity index (χ3n) is 2.13. The van der Waals surface area contributed by atoms with E-state index in [1.54, 1.807) is 0 Å². The molecular weight excluding hydrogens is 212 g/mol. The van der Waals surface area contributed by atoms with Crippen molar-refractivity contribution in [3.8, 4) is 0 Å². The predicted molar refractivity (Wildman–Crippen MR) is 73.1 cm³/mol. The maximum atomic E-state index is 4.94. The van der Waals surface area contributed by atoms with Crippen molar-refractivity contribution < 1.29 is 4.74 Å². The molecule has 17 heavy (non-hydrogen) atoms. The van der Waals surface area contributed by atoms with Gasteiger partial charge in [-0.1, -0.05) is 19.9 Å². The number of hydrogen-bond acceptors (Lipinski definition) is 3. The Kier molecular flexibility index (Phi) is 10.9. The van der Waals surface area contributed by atoms with Crippen molar-refractivity contribution in [1.82, 2.24) is 10.3 Å². The van der Waals surface area contributed by atoms with E-state index in [-0.39, 0.29) is 0 Å². The van der Waals surface area contributed by atoms with Gasteiger partial charge in [-0.15, -0.1) is 0 Å². The molecule has 2 heterocycles.